The maximum absolute atomic E-state index is 12.8. The van der Waals surface area contributed by atoms with Gasteiger partial charge in [0.15, 0.2) is 0 Å². The summed E-state index contributed by atoms with van der Waals surface area (Å²) in [7, 11) is 0. The van der Waals surface area contributed by atoms with E-state index in [2.05, 4.69) is 5.16 Å². The number of rotatable bonds is 9. The summed E-state index contributed by atoms with van der Waals surface area (Å²) in [6, 6.07) is 20.2. The molecule has 0 spiro atoms. The number of aliphatic carboxylic acids is 1. The highest BCUT2D eigenvalue weighted by Crippen LogP contribution is 2.30. The van der Waals surface area contributed by atoms with Crippen molar-refractivity contribution in [1.29, 1.82) is 0 Å². The highest BCUT2D eigenvalue weighted by Gasteiger charge is 2.29. The summed E-state index contributed by atoms with van der Waals surface area (Å²) in [4.78, 5) is 15.5. The molecule has 1 heterocycles. The predicted octanol–water partition coefficient (Wildman–Crippen LogP) is 5.72. The fourth-order valence-electron chi connectivity index (χ4n) is 3.55. The number of ether oxygens (including phenoxy) is 1. The molecule has 0 aliphatic carbocycles. The number of nitrogens with zero attached hydrogens (tertiary/aromatic N) is 2. The van der Waals surface area contributed by atoms with Crippen molar-refractivity contribution in [2.75, 3.05) is 6.61 Å². The topological polar surface area (TPSA) is 73.0 Å². The van der Waals surface area contributed by atoms with Gasteiger partial charge in [-0.2, -0.15) is 13.2 Å². The van der Waals surface area contributed by atoms with Gasteiger partial charge in [0.1, 0.15) is 12.4 Å². The highest BCUT2D eigenvalue weighted by atomic mass is 19.4. The van der Waals surface area contributed by atoms with Crippen molar-refractivity contribution in [2.24, 2.45) is 5.16 Å². The number of carboxylic acid groups (broad SMARTS) is 1. The molecule has 0 radical (unpaired) electrons. The molecular weight excluding hydrogens is 461 g/mol. The minimum atomic E-state index is -4.39. The Morgan fingerprint density at radius 2 is 1.74 bits per heavy atom. The fraction of sp³-hybridized carbons (Fsp3) is 0.154. The first-order valence-electron chi connectivity index (χ1n) is 10.6. The molecule has 1 aromatic heterocycles. The molecule has 0 aliphatic rings. The van der Waals surface area contributed by atoms with Gasteiger partial charge in [-0.1, -0.05) is 47.6 Å². The number of fused-ring (bicyclic) bond motifs is 1. The van der Waals surface area contributed by atoms with Crippen molar-refractivity contribution < 1.29 is 32.6 Å². The Labute approximate surface area is 198 Å². The molecule has 1 N–H and O–H groups in total. The third kappa shape index (κ3) is 6.20. The Hall–Kier alpha value is -4.27. The summed E-state index contributed by atoms with van der Waals surface area (Å²) in [5, 5.41) is 13.3. The van der Waals surface area contributed by atoms with E-state index in [1.165, 1.54) is 18.3 Å². The number of oxime groups is 1. The van der Waals surface area contributed by atoms with Gasteiger partial charge < -0.3 is 19.2 Å². The molecule has 0 unspecified atom stereocenters. The van der Waals surface area contributed by atoms with Crippen molar-refractivity contribution in [2.45, 2.75) is 19.3 Å². The van der Waals surface area contributed by atoms with Crippen molar-refractivity contribution in [3.63, 3.8) is 0 Å². The van der Waals surface area contributed by atoms with Crippen LogP contribution in [-0.4, -0.2) is 28.5 Å². The summed E-state index contributed by atoms with van der Waals surface area (Å²) in [6.45, 7) is 0.146. The molecule has 35 heavy (non-hydrogen) atoms. The molecule has 9 heteroatoms. The number of carboxylic acids is 1. The van der Waals surface area contributed by atoms with E-state index in [4.69, 9.17) is 14.7 Å². The van der Waals surface area contributed by atoms with Gasteiger partial charge in [-0.25, -0.2) is 4.79 Å². The van der Waals surface area contributed by atoms with E-state index in [9.17, 15) is 18.0 Å². The molecule has 4 rings (SSSR count). The van der Waals surface area contributed by atoms with E-state index >= 15 is 0 Å². The van der Waals surface area contributed by atoms with Gasteiger partial charge in [-0.3, -0.25) is 0 Å². The first-order chi connectivity index (χ1) is 16.8. The lowest BCUT2D eigenvalue weighted by Gasteiger charge is -2.10. The predicted molar refractivity (Wildman–Crippen MR) is 124 cm³/mol. The van der Waals surface area contributed by atoms with Crippen LogP contribution in [0.5, 0.6) is 5.75 Å². The van der Waals surface area contributed by atoms with Gasteiger partial charge in [0.2, 0.25) is 6.61 Å². The van der Waals surface area contributed by atoms with E-state index in [-0.39, 0.29) is 6.61 Å². The highest BCUT2D eigenvalue weighted by molar-refractivity contribution is 6.00. The third-order valence-corrected chi connectivity index (χ3v) is 5.22. The number of halogens is 3. The van der Waals surface area contributed by atoms with Crippen molar-refractivity contribution in [1.82, 2.24) is 4.57 Å². The van der Waals surface area contributed by atoms with Gasteiger partial charge in [0.25, 0.3) is 0 Å². The van der Waals surface area contributed by atoms with Crippen LogP contribution in [0.4, 0.5) is 13.2 Å². The van der Waals surface area contributed by atoms with Crippen LogP contribution in [0.2, 0.25) is 0 Å². The van der Waals surface area contributed by atoms with Gasteiger partial charge in [0.05, 0.1) is 11.8 Å². The maximum atomic E-state index is 12.8. The van der Waals surface area contributed by atoms with E-state index in [0.717, 1.165) is 28.6 Å². The van der Waals surface area contributed by atoms with Crippen LogP contribution in [0.15, 0.2) is 84.1 Å². The molecule has 3 aromatic carbocycles. The lowest BCUT2D eigenvalue weighted by Crippen LogP contribution is -2.05. The Morgan fingerprint density at radius 1 is 1.00 bits per heavy atom. The van der Waals surface area contributed by atoms with Crippen molar-refractivity contribution >= 4 is 23.1 Å². The Kier molecular flexibility index (Phi) is 7.05. The van der Waals surface area contributed by atoms with Crippen LogP contribution in [0.3, 0.4) is 0 Å². The van der Waals surface area contributed by atoms with Gasteiger partial charge in [0, 0.05) is 29.2 Å². The van der Waals surface area contributed by atoms with Gasteiger partial charge in [-0.15, -0.1) is 0 Å². The first-order valence-corrected chi connectivity index (χ1v) is 10.6. The second-order valence-corrected chi connectivity index (χ2v) is 7.76. The minimum Gasteiger partial charge on any atom is -0.489 e. The summed E-state index contributed by atoms with van der Waals surface area (Å²) in [6.07, 6.45) is -1.07. The van der Waals surface area contributed by atoms with E-state index in [1.54, 1.807) is 12.1 Å². The van der Waals surface area contributed by atoms with Crippen molar-refractivity contribution in [3.8, 4) is 5.75 Å². The number of alkyl halides is 3. The first kappa shape index (κ1) is 23.9. The maximum Gasteiger partial charge on any atom is 0.416 e. The molecule has 0 amide bonds. The molecule has 0 aliphatic heterocycles. The Morgan fingerprint density at radius 3 is 2.43 bits per heavy atom. The molecule has 0 saturated carbocycles. The van der Waals surface area contributed by atoms with E-state index in [0.29, 0.717) is 23.4 Å². The third-order valence-electron chi connectivity index (χ3n) is 5.22. The van der Waals surface area contributed by atoms with Crippen LogP contribution in [0, 0.1) is 0 Å². The van der Waals surface area contributed by atoms with Gasteiger partial charge in [-0.05, 0) is 41.5 Å². The largest absolute Gasteiger partial charge is 0.489 e. The normalized spacial score (nSPS) is 11.7. The van der Waals surface area contributed by atoms with E-state index < -0.39 is 24.3 Å². The van der Waals surface area contributed by atoms with Gasteiger partial charge >= 0.3 is 12.1 Å². The lowest BCUT2D eigenvalue weighted by molar-refractivity contribution is -0.142. The molecule has 4 aromatic rings. The summed E-state index contributed by atoms with van der Waals surface area (Å²) in [5.74, 6) is -0.608. The second kappa shape index (κ2) is 10.3. The standard InChI is InChI=1S/C26H21F3N2O4/c27-26(28,29)21-8-6-19(7-9-21)16-34-22-10-11-24-23(12-22)20(13-30-35-17-25(32)33)15-31(24)14-18-4-2-1-3-5-18/h1-13,15H,14,16-17H2,(H,32,33). The molecule has 180 valence electrons. The van der Waals surface area contributed by atoms with Crippen LogP contribution >= 0.6 is 0 Å². The average molecular weight is 482 g/mol. The summed E-state index contributed by atoms with van der Waals surface area (Å²) in [5.41, 5.74) is 2.58. The molecule has 0 fully saturated rings. The lowest BCUT2D eigenvalue weighted by atomic mass is 10.1. The van der Waals surface area contributed by atoms with Crippen LogP contribution in [0.1, 0.15) is 22.3 Å². The molecular formula is C26H21F3N2O4. The summed E-state index contributed by atoms with van der Waals surface area (Å²) < 4.78 is 46.1. The second-order valence-electron chi connectivity index (χ2n) is 7.76. The zero-order valence-electron chi connectivity index (χ0n) is 18.4. The zero-order chi connectivity index (χ0) is 24.8. The number of hydrogen-bond donors (Lipinski definition) is 1. The Balaban J connectivity index is 1.57. The van der Waals surface area contributed by atoms with Crippen LogP contribution < -0.4 is 4.74 Å². The van der Waals surface area contributed by atoms with E-state index in [1.807, 2.05) is 47.2 Å². The van der Waals surface area contributed by atoms with Crippen molar-refractivity contribution in [3.05, 3.63) is 101 Å². The van der Waals surface area contributed by atoms with Crippen LogP contribution in [-0.2, 0) is 29.0 Å². The molecule has 0 bridgehead atoms. The number of carbonyl (C=O) groups is 1. The molecule has 6 nitrogen and oxygen atoms in total. The fourth-order valence-corrected chi connectivity index (χ4v) is 3.55. The molecule has 0 atom stereocenters. The molecule has 0 saturated heterocycles. The monoisotopic (exact) mass is 482 g/mol. The summed E-state index contributed by atoms with van der Waals surface area (Å²) >= 11 is 0. The zero-order valence-corrected chi connectivity index (χ0v) is 18.4. The average Bonchev–Trinajstić information content (AvgIpc) is 3.17. The number of aromatic nitrogens is 1. The minimum absolute atomic E-state index is 0.0967. The Bertz CT molecular complexity index is 1330. The quantitative estimate of drug-likeness (QED) is 0.245. The van der Waals surface area contributed by atoms with Crippen LogP contribution in [0.25, 0.3) is 10.9 Å². The smallest absolute Gasteiger partial charge is 0.416 e. The SMILES string of the molecule is O=C(O)CON=Cc1cn(Cc2ccccc2)c2ccc(OCc3ccc(C(F)(F)F)cc3)cc12. The number of hydrogen-bond acceptors (Lipinski definition) is 4. The number of benzene rings is 3.